The predicted molar refractivity (Wildman–Crippen MR) is 100 cm³/mol. The third-order valence-corrected chi connectivity index (χ3v) is 4.86. The summed E-state index contributed by atoms with van der Waals surface area (Å²) in [5, 5.41) is 0. The average molecular weight is 350 g/mol. The highest BCUT2D eigenvalue weighted by molar-refractivity contribution is 5.85. The number of fused-ring (bicyclic) bond motifs is 1. The zero-order valence-electron chi connectivity index (χ0n) is 14.7. The van der Waals surface area contributed by atoms with Crippen LogP contribution in [-0.4, -0.2) is 32.1 Å². The van der Waals surface area contributed by atoms with E-state index in [0.29, 0.717) is 5.92 Å². The third-order valence-electron chi connectivity index (χ3n) is 4.86. The summed E-state index contributed by atoms with van der Waals surface area (Å²) in [5.41, 5.74) is 3.00. The Bertz CT molecular complexity index is 612. The van der Waals surface area contributed by atoms with Crippen LogP contribution in [0.3, 0.4) is 0 Å². The standard InChI is InChI=1S/C20H27NO2.ClH/c1-21(12-4-8-18-9-5-13-23-18)15-17-7-3-6-16-14-19(22-2)10-11-20(16)17;/h5,9-11,13-14,17H,3-4,6-8,12,15H2,1-2H3;1H. The smallest absolute Gasteiger partial charge is 0.119 e. The van der Waals surface area contributed by atoms with Gasteiger partial charge in [0.2, 0.25) is 0 Å². The molecular weight excluding hydrogens is 322 g/mol. The van der Waals surface area contributed by atoms with E-state index in [1.165, 1.54) is 30.4 Å². The minimum atomic E-state index is 0. The summed E-state index contributed by atoms with van der Waals surface area (Å²) in [4.78, 5) is 2.47. The molecule has 0 fully saturated rings. The maximum absolute atomic E-state index is 5.40. The van der Waals surface area contributed by atoms with Gasteiger partial charge in [-0.25, -0.2) is 0 Å². The van der Waals surface area contributed by atoms with Crippen LogP contribution >= 0.6 is 12.4 Å². The van der Waals surface area contributed by atoms with Gasteiger partial charge in [0, 0.05) is 13.0 Å². The summed E-state index contributed by atoms with van der Waals surface area (Å²) < 4.78 is 10.8. The molecule has 1 aliphatic rings. The fourth-order valence-corrected chi connectivity index (χ4v) is 3.65. The van der Waals surface area contributed by atoms with Crippen LogP contribution in [0.1, 0.15) is 42.1 Å². The molecule has 3 nitrogen and oxygen atoms in total. The topological polar surface area (TPSA) is 25.6 Å². The SMILES string of the molecule is COc1ccc2c(c1)CCCC2CN(C)CCCc1ccco1.Cl. The van der Waals surface area contributed by atoms with Gasteiger partial charge >= 0.3 is 0 Å². The zero-order chi connectivity index (χ0) is 16.1. The number of nitrogens with zero attached hydrogens (tertiary/aromatic N) is 1. The van der Waals surface area contributed by atoms with E-state index in [-0.39, 0.29) is 12.4 Å². The molecule has 0 saturated heterocycles. The quantitative estimate of drug-likeness (QED) is 0.724. The normalized spacial score (nSPS) is 16.5. The van der Waals surface area contributed by atoms with Gasteiger partial charge in [-0.05, 0) is 80.6 Å². The van der Waals surface area contributed by atoms with Gasteiger partial charge < -0.3 is 14.1 Å². The Kier molecular flexibility index (Phi) is 7.19. The van der Waals surface area contributed by atoms with Crippen LogP contribution in [-0.2, 0) is 12.8 Å². The lowest BCUT2D eigenvalue weighted by Gasteiger charge is -2.29. The van der Waals surface area contributed by atoms with E-state index in [4.69, 9.17) is 9.15 Å². The maximum Gasteiger partial charge on any atom is 0.119 e. The molecular formula is C20H28ClNO2. The zero-order valence-corrected chi connectivity index (χ0v) is 15.5. The Morgan fingerprint density at radius 3 is 2.92 bits per heavy atom. The van der Waals surface area contributed by atoms with Crippen molar-refractivity contribution in [2.24, 2.45) is 0 Å². The van der Waals surface area contributed by atoms with E-state index in [1.54, 1.807) is 13.4 Å². The van der Waals surface area contributed by atoms with Crippen LogP contribution in [0, 0.1) is 0 Å². The number of hydrogen-bond acceptors (Lipinski definition) is 3. The van der Waals surface area contributed by atoms with E-state index in [0.717, 1.165) is 37.4 Å². The van der Waals surface area contributed by atoms with Crippen molar-refractivity contribution in [3.05, 3.63) is 53.5 Å². The van der Waals surface area contributed by atoms with E-state index in [2.05, 4.69) is 36.2 Å². The molecule has 0 amide bonds. The van der Waals surface area contributed by atoms with Crippen molar-refractivity contribution in [2.45, 2.75) is 38.0 Å². The fourth-order valence-electron chi connectivity index (χ4n) is 3.65. The first-order chi connectivity index (χ1) is 11.3. The van der Waals surface area contributed by atoms with Crippen molar-refractivity contribution in [2.75, 3.05) is 27.2 Å². The molecule has 24 heavy (non-hydrogen) atoms. The molecule has 0 radical (unpaired) electrons. The molecule has 2 aromatic rings. The van der Waals surface area contributed by atoms with Crippen molar-refractivity contribution < 1.29 is 9.15 Å². The van der Waals surface area contributed by atoms with E-state index in [1.807, 2.05) is 6.07 Å². The van der Waals surface area contributed by atoms with Gasteiger partial charge in [0.1, 0.15) is 11.5 Å². The number of methoxy groups -OCH3 is 1. The van der Waals surface area contributed by atoms with Gasteiger partial charge in [-0.15, -0.1) is 12.4 Å². The second kappa shape index (κ2) is 9.14. The van der Waals surface area contributed by atoms with Crippen LogP contribution in [0.25, 0.3) is 0 Å². The molecule has 1 aromatic carbocycles. The molecule has 1 aliphatic carbocycles. The third kappa shape index (κ3) is 4.78. The number of likely N-dealkylation sites (N-methyl/N-ethyl adjacent to an activating group) is 1. The lowest BCUT2D eigenvalue weighted by Crippen LogP contribution is -2.28. The molecule has 1 heterocycles. The number of halogens is 1. The molecule has 0 spiro atoms. The first-order valence-corrected chi connectivity index (χ1v) is 8.64. The molecule has 0 N–H and O–H groups in total. The van der Waals surface area contributed by atoms with Crippen LogP contribution in [0.15, 0.2) is 41.0 Å². The van der Waals surface area contributed by atoms with Crippen molar-refractivity contribution in [1.82, 2.24) is 4.90 Å². The van der Waals surface area contributed by atoms with E-state index >= 15 is 0 Å². The van der Waals surface area contributed by atoms with Crippen LogP contribution in [0.4, 0.5) is 0 Å². The minimum absolute atomic E-state index is 0. The van der Waals surface area contributed by atoms with Gasteiger partial charge in [0.15, 0.2) is 0 Å². The molecule has 3 rings (SSSR count). The van der Waals surface area contributed by atoms with Crippen LogP contribution < -0.4 is 4.74 Å². The van der Waals surface area contributed by atoms with Gasteiger partial charge in [-0.2, -0.15) is 0 Å². The Morgan fingerprint density at radius 2 is 2.17 bits per heavy atom. The summed E-state index contributed by atoms with van der Waals surface area (Å²) in [5.74, 6) is 2.72. The van der Waals surface area contributed by atoms with Crippen molar-refractivity contribution in [3.8, 4) is 5.75 Å². The summed E-state index contributed by atoms with van der Waals surface area (Å²) in [6.07, 6.45) is 7.69. The Morgan fingerprint density at radius 1 is 1.29 bits per heavy atom. The van der Waals surface area contributed by atoms with Gasteiger partial charge in [0.05, 0.1) is 13.4 Å². The Hall–Kier alpha value is -1.45. The number of ether oxygens (including phenoxy) is 1. The number of aryl methyl sites for hydroxylation is 2. The number of hydrogen-bond donors (Lipinski definition) is 0. The first kappa shape index (κ1) is 18.9. The largest absolute Gasteiger partial charge is 0.497 e. The number of rotatable bonds is 7. The first-order valence-electron chi connectivity index (χ1n) is 8.64. The average Bonchev–Trinajstić information content (AvgIpc) is 3.08. The molecule has 0 aliphatic heterocycles. The lowest BCUT2D eigenvalue weighted by molar-refractivity contribution is 0.291. The van der Waals surface area contributed by atoms with Crippen molar-refractivity contribution >= 4 is 12.4 Å². The second-order valence-corrected chi connectivity index (χ2v) is 6.60. The second-order valence-electron chi connectivity index (χ2n) is 6.60. The van der Waals surface area contributed by atoms with Crippen molar-refractivity contribution in [3.63, 3.8) is 0 Å². The highest BCUT2D eigenvalue weighted by atomic mass is 35.5. The van der Waals surface area contributed by atoms with E-state index < -0.39 is 0 Å². The Balaban J connectivity index is 0.00000208. The Labute approximate surface area is 151 Å². The highest BCUT2D eigenvalue weighted by Gasteiger charge is 2.21. The minimum Gasteiger partial charge on any atom is -0.497 e. The van der Waals surface area contributed by atoms with Gasteiger partial charge in [-0.1, -0.05) is 6.07 Å². The number of furan rings is 1. The van der Waals surface area contributed by atoms with Crippen LogP contribution in [0.5, 0.6) is 5.75 Å². The predicted octanol–water partition coefficient (Wildman–Crippen LogP) is 4.69. The summed E-state index contributed by atoms with van der Waals surface area (Å²) in [6.45, 7) is 2.25. The number of benzene rings is 1. The highest BCUT2D eigenvalue weighted by Crippen LogP contribution is 2.34. The van der Waals surface area contributed by atoms with Gasteiger partial charge in [0.25, 0.3) is 0 Å². The van der Waals surface area contributed by atoms with Crippen LogP contribution in [0.2, 0.25) is 0 Å². The molecule has 1 unspecified atom stereocenters. The molecule has 0 saturated carbocycles. The van der Waals surface area contributed by atoms with Gasteiger partial charge in [-0.3, -0.25) is 0 Å². The fraction of sp³-hybridized carbons (Fsp3) is 0.500. The summed E-state index contributed by atoms with van der Waals surface area (Å²) in [6, 6.07) is 10.6. The molecule has 1 aromatic heterocycles. The molecule has 4 heteroatoms. The summed E-state index contributed by atoms with van der Waals surface area (Å²) in [7, 11) is 3.98. The molecule has 132 valence electrons. The van der Waals surface area contributed by atoms with E-state index in [9.17, 15) is 0 Å². The monoisotopic (exact) mass is 349 g/mol. The summed E-state index contributed by atoms with van der Waals surface area (Å²) >= 11 is 0. The molecule has 1 atom stereocenters. The molecule has 0 bridgehead atoms. The lowest BCUT2D eigenvalue weighted by atomic mass is 9.82. The maximum atomic E-state index is 5.40. The van der Waals surface area contributed by atoms with Crippen molar-refractivity contribution in [1.29, 1.82) is 0 Å².